The quantitative estimate of drug-likeness (QED) is 0.673. The number of aromatic amines is 1. The Hall–Kier alpha value is -3.08. The maximum Gasteiger partial charge on any atom is 0.225 e. The third kappa shape index (κ3) is 3.90. The molecule has 0 aliphatic carbocycles. The van der Waals surface area contributed by atoms with Crippen LogP contribution in [0.25, 0.3) is 10.9 Å². The zero-order chi connectivity index (χ0) is 20.2. The van der Waals surface area contributed by atoms with Gasteiger partial charge in [-0.3, -0.25) is 9.59 Å². The average molecular weight is 389 g/mol. The number of carbonyl (C=O) groups is 2. The van der Waals surface area contributed by atoms with E-state index < -0.39 is 0 Å². The van der Waals surface area contributed by atoms with Crippen molar-refractivity contribution in [3.05, 3.63) is 71.9 Å². The van der Waals surface area contributed by atoms with E-state index in [1.54, 1.807) is 0 Å². The molecule has 2 aromatic carbocycles. The van der Waals surface area contributed by atoms with Crippen LogP contribution in [0.1, 0.15) is 36.9 Å². The molecule has 5 nitrogen and oxygen atoms in total. The van der Waals surface area contributed by atoms with Gasteiger partial charge in [0.1, 0.15) is 0 Å². The van der Waals surface area contributed by atoms with Crippen molar-refractivity contribution in [2.45, 2.75) is 32.2 Å². The molecule has 2 amide bonds. The van der Waals surface area contributed by atoms with Gasteiger partial charge in [-0.05, 0) is 37.0 Å². The molecule has 29 heavy (non-hydrogen) atoms. The van der Waals surface area contributed by atoms with Crippen LogP contribution in [0, 0.1) is 5.92 Å². The first-order valence-corrected chi connectivity index (χ1v) is 10.4. The number of likely N-dealkylation sites (tertiary alicyclic amines) is 1. The fraction of sp³-hybridized carbons (Fsp3) is 0.333. The number of aromatic nitrogens is 1. The van der Waals surface area contributed by atoms with Crippen molar-refractivity contribution in [3.8, 4) is 0 Å². The van der Waals surface area contributed by atoms with Gasteiger partial charge in [0, 0.05) is 36.6 Å². The molecule has 4 rings (SSSR count). The largest absolute Gasteiger partial charge is 0.361 e. The molecule has 2 atom stereocenters. The van der Waals surface area contributed by atoms with Crippen molar-refractivity contribution in [1.29, 1.82) is 0 Å². The van der Waals surface area contributed by atoms with Crippen LogP contribution in [0.15, 0.2) is 60.8 Å². The number of benzene rings is 2. The number of hydrogen-bond donors (Lipinski definition) is 2. The third-order valence-electron chi connectivity index (χ3n) is 5.89. The number of fused-ring (bicyclic) bond motifs is 1. The lowest BCUT2D eigenvalue weighted by molar-refractivity contribution is -0.143. The number of nitrogens with zero attached hydrogens (tertiary/aromatic N) is 1. The lowest BCUT2D eigenvalue weighted by Gasteiger charge is -2.40. The van der Waals surface area contributed by atoms with E-state index in [2.05, 4.69) is 22.4 Å². The normalized spacial score (nSPS) is 19.5. The molecule has 150 valence electrons. The van der Waals surface area contributed by atoms with Crippen LogP contribution in [0.4, 0.5) is 0 Å². The summed E-state index contributed by atoms with van der Waals surface area (Å²) in [4.78, 5) is 30.7. The van der Waals surface area contributed by atoms with E-state index in [0.717, 1.165) is 17.5 Å². The van der Waals surface area contributed by atoms with Gasteiger partial charge in [0.15, 0.2) is 0 Å². The van der Waals surface area contributed by atoms with Crippen LogP contribution in [0.5, 0.6) is 0 Å². The van der Waals surface area contributed by atoms with Crippen LogP contribution >= 0.6 is 0 Å². The van der Waals surface area contributed by atoms with Crippen molar-refractivity contribution in [1.82, 2.24) is 15.2 Å². The molecule has 1 aliphatic rings. The van der Waals surface area contributed by atoms with E-state index in [1.807, 2.05) is 60.5 Å². The highest BCUT2D eigenvalue weighted by Gasteiger charge is 2.39. The molecule has 3 aromatic rings. The Balaban J connectivity index is 1.46. The second-order valence-corrected chi connectivity index (χ2v) is 7.58. The van der Waals surface area contributed by atoms with E-state index in [9.17, 15) is 9.59 Å². The number of piperidine rings is 1. The van der Waals surface area contributed by atoms with E-state index in [0.29, 0.717) is 25.9 Å². The summed E-state index contributed by atoms with van der Waals surface area (Å²) in [6.45, 7) is 3.17. The second kappa shape index (κ2) is 8.52. The molecular formula is C24H27N3O2. The highest BCUT2D eigenvalue weighted by atomic mass is 16.2. The maximum atomic E-state index is 13.1. The Morgan fingerprint density at radius 3 is 2.69 bits per heavy atom. The molecule has 1 aromatic heterocycles. The molecule has 1 saturated heterocycles. The van der Waals surface area contributed by atoms with Crippen molar-refractivity contribution in [2.75, 3.05) is 13.1 Å². The van der Waals surface area contributed by atoms with Crippen molar-refractivity contribution in [3.63, 3.8) is 0 Å². The number of H-pyrrole nitrogens is 1. The summed E-state index contributed by atoms with van der Waals surface area (Å²) < 4.78 is 0. The summed E-state index contributed by atoms with van der Waals surface area (Å²) in [7, 11) is 0. The smallest absolute Gasteiger partial charge is 0.225 e. The van der Waals surface area contributed by atoms with Gasteiger partial charge >= 0.3 is 0 Å². The average Bonchev–Trinajstić information content (AvgIpc) is 3.17. The minimum atomic E-state index is -0.224. The number of nitrogens with one attached hydrogen (secondary N) is 2. The first-order chi connectivity index (χ1) is 14.2. The summed E-state index contributed by atoms with van der Waals surface area (Å²) >= 11 is 0. The predicted octanol–water partition coefficient (Wildman–Crippen LogP) is 3.83. The molecule has 2 N–H and O–H groups in total. The minimum Gasteiger partial charge on any atom is -0.361 e. The standard InChI is InChI=1S/C24H27N3O2/c1-2-27-22(28)13-12-20(23(27)17-8-4-3-5-9-17)24(29)25-15-14-18-16-26-21-11-7-6-10-19(18)21/h3-11,16,20,23,26H,2,12-15H2,1H3,(H,25,29)/t20-,23+/m1/s1. The fourth-order valence-electron chi connectivity index (χ4n) is 4.45. The van der Waals surface area contributed by atoms with Crippen molar-refractivity contribution >= 4 is 22.7 Å². The van der Waals surface area contributed by atoms with Gasteiger partial charge in [-0.15, -0.1) is 0 Å². The number of hydrogen-bond acceptors (Lipinski definition) is 2. The molecule has 1 fully saturated rings. The second-order valence-electron chi connectivity index (χ2n) is 7.58. The lowest BCUT2D eigenvalue weighted by atomic mass is 9.83. The van der Waals surface area contributed by atoms with E-state index in [-0.39, 0.29) is 23.8 Å². The van der Waals surface area contributed by atoms with Gasteiger partial charge in [-0.1, -0.05) is 48.5 Å². The highest BCUT2D eigenvalue weighted by Crippen LogP contribution is 2.36. The highest BCUT2D eigenvalue weighted by molar-refractivity contribution is 5.85. The Morgan fingerprint density at radius 1 is 1.14 bits per heavy atom. The Kier molecular flexibility index (Phi) is 5.65. The van der Waals surface area contributed by atoms with E-state index in [4.69, 9.17) is 0 Å². The van der Waals surface area contributed by atoms with Crippen LogP contribution < -0.4 is 5.32 Å². The molecule has 0 radical (unpaired) electrons. The van der Waals surface area contributed by atoms with E-state index in [1.165, 1.54) is 10.9 Å². The molecule has 5 heteroatoms. The van der Waals surface area contributed by atoms with Crippen LogP contribution in [-0.4, -0.2) is 34.8 Å². The van der Waals surface area contributed by atoms with E-state index >= 15 is 0 Å². The molecule has 1 aliphatic heterocycles. The van der Waals surface area contributed by atoms with Crippen LogP contribution in [-0.2, 0) is 16.0 Å². The summed E-state index contributed by atoms with van der Waals surface area (Å²) in [6, 6.07) is 17.9. The Bertz CT molecular complexity index is 996. The first-order valence-electron chi connectivity index (χ1n) is 10.4. The number of para-hydroxylation sites is 1. The van der Waals surface area contributed by atoms with Crippen molar-refractivity contribution < 1.29 is 9.59 Å². The molecule has 0 spiro atoms. The molecule has 0 saturated carbocycles. The summed E-state index contributed by atoms with van der Waals surface area (Å²) in [5.41, 5.74) is 3.34. The Morgan fingerprint density at radius 2 is 1.90 bits per heavy atom. The SMILES string of the molecule is CCN1C(=O)CC[C@@H](C(=O)NCCc2c[nH]c3ccccc23)[C@@H]1c1ccccc1. The van der Waals surface area contributed by atoms with Gasteiger partial charge in [-0.2, -0.15) is 0 Å². The fourth-order valence-corrected chi connectivity index (χ4v) is 4.45. The monoisotopic (exact) mass is 389 g/mol. The zero-order valence-electron chi connectivity index (χ0n) is 16.7. The first kappa shape index (κ1) is 19.2. The summed E-state index contributed by atoms with van der Waals surface area (Å²) in [5.74, 6) is -0.0631. The molecule has 0 bridgehead atoms. The van der Waals surface area contributed by atoms with Gasteiger partial charge in [-0.25, -0.2) is 0 Å². The third-order valence-corrected chi connectivity index (χ3v) is 5.89. The minimum absolute atomic E-state index is 0.0321. The molecule has 2 heterocycles. The van der Waals surface area contributed by atoms with Crippen LogP contribution in [0.2, 0.25) is 0 Å². The van der Waals surface area contributed by atoms with Gasteiger partial charge in [0.2, 0.25) is 11.8 Å². The summed E-state index contributed by atoms with van der Waals surface area (Å²) in [6.07, 6.45) is 3.81. The topological polar surface area (TPSA) is 65.2 Å². The Labute approximate surface area is 171 Å². The predicted molar refractivity (Wildman–Crippen MR) is 114 cm³/mol. The number of carbonyl (C=O) groups excluding carboxylic acids is 2. The van der Waals surface area contributed by atoms with Gasteiger partial charge < -0.3 is 15.2 Å². The zero-order valence-corrected chi connectivity index (χ0v) is 16.7. The van der Waals surface area contributed by atoms with Gasteiger partial charge in [0.05, 0.1) is 12.0 Å². The number of rotatable bonds is 6. The van der Waals surface area contributed by atoms with Crippen molar-refractivity contribution in [2.24, 2.45) is 5.92 Å². The summed E-state index contributed by atoms with van der Waals surface area (Å²) in [5, 5.41) is 4.32. The molecule has 0 unspecified atom stereocenters. The maximum absolute atomic E-state index is 13.1. The van der Waals surface area contributed by atoms with Gasteiger partial charge in [0.25, 0.3) is 0 Å². The van der Waals surface area contributed by atoms with Crippen LogP contribution in [0.3, 0.4) is 0 Å². The number of amides is 2. The molecular weight excluding hydrogens is 362 g/mol. The lowest BCUT2D eigenvalue weighted by Crippen LogP contribution is -2.48.